The van der Waals surface area contributed by atoms with Gasteiger partial charge in [-0.15, -0.1) is 0 Å². The van der Waals surface area contributed by atoms with E-state index in [0.29, 0.717) is 17.2 Å². The van der Waals surface area contributed by atoms with Gasteiger partial charge in [0.25, 0.3) is 11.8 Å². The molecule has 0 bridgehead atoms. The zero-order chi connectivity index (χ0) is 23.0. The lowest BCUT2D eigenvalue weighted by molar-refractivity contribution is -0.120. The fraction of sp³-hybridized carbons (Fsp3) is 0.154. The van der Waals surface area contributed by atoms with E-state index in [9.17, 15) is 18.4 Å². The second-order valence-electron chi connectivity index (χ2n) is 8.06. The molecule has 6 heteroatoms. The number of carbonyl (C=O) groups excluding carboxylic acids is 2. The standard InChI is InChI=1S/C26H22F2N2O2/c1-15(2)17-8-11-20(12-9-17)30-25(31)23(18-6-4-16(3)5-7-18)24(26(30)32)29-19-10-13-21(27)22(28)14-19/h4-15,29H,1-3H3. The molecule has 1 aliphatic rings. The molecule has 1 N–H and O–H groups in total. The van der Waals surface area contributed by atoms with Gasteiger partial charge in [0.05, 0.1) is 11.3 Å². The van der Waals surface area contributed by atoms with Crippen LogP contribution in [0.1, 0.15) is 36.5 Å². The number of aryl methyl sites for hydroxylation is 1. The Morgan fingerprint density at radius 2 is 1.47 bits per heavy atom. The smallest absolute Gasteiger partial charge is 0.282 e. The van der Waals surface area contributed by atoms with Crippen molar-refractivity contribution < 1.29 is 18.4 Å². The topological polar surface area (TPSA) is 49.4 Å². The van der Waals surface area contributed by atoms with Crippen molar-refractivity contribution in [3.63, 3.8) is 0 Å². The minimum absolute atomic E-state index is 0.0118. The lowest BCUT2D eigenvalue weighted by Crippen LogP contribution is -2.32. The van der Waals surface area contributed by atoms with Gasteiger partial charge >= 0.3 is 0 Å². The molecule has 1 aliphatic heterocycles. The fourth-order valence-electron chi connectivity index (χ4n) is 3.59. The lowest BCUT2D eigenvalue weighted by Gasteiger charge is -2.16. The quantitative estimate of drug-likeness (QED) is 0.519. The Balaban J connectivity index is 1.79. The van der Waals surface area contributed by atoms with Crippen molar-refractivity contribution in [2.75, 3.05) is 10.2 Å². The van der Waals surface area contributed by atoms with E-state index < -0.39 is 23.4 Å². The zero-order valence-corrected chi connectivity index (χ0v) is 17.9. The first-order valence-corrected chi connectivity index (χ1v) is 10.3. The molecule has 0 aromatic heterocycles. The highest BCUT2D eigenvalue weighted by molar-refractivity contribution is 6.46. The van der Waals surface area contributed by atoms with E-state index in [2.05, 4.69) is 19.2 Å². The molecule has 32 heavy (non-hydrogen) atoms. The van der Waals surface area contributed by atoms with Gasteiger partial charge in [-0.1, -0.05) is 55.8 Å². The van der Waals surface area contributed by atoms with Crippen LogP contribution in [-0.2, 0) is 9.59 Å². The summed E-state index contributed by atoms with van der Waals surface area (Å²) in [6.07, 6.45) is 0. The van der Waals surface area contributed by atoms with Gasteiger partial charge in [-0.05, 0) is 48.2 Å². The van der Waals surface area contributed by atoms with E-state index in [4.69, 9.17) is 0 Å². The first-order chi connectivity index (χ1) is 15.3. The summed E-state index contributed by atoms with van der Waals surface area (Å²) in [5.74, 6) is -2.79. The number of nitrogens with zero attached hydrogens (tertiary/aromatic N) is 1. The summed E-state index contributed by atoms with van der Waals surface area (Å²) < 4.78 is 27.1. The van der Waals surface area contributed by atoms with Crippen LogP contribution in [-0.4, -0.2) is 11.8 Å². The van der Waals surface area contributed by atoms with Gasteiger partial charge < -0.3 is 5.32 Å². The number of carbonyl (C=O) groups is 2. The predicted molar refractivity (Wildman–Crippen MR) is 121 cm³/mol. The van der Waals surface area contributed by atoms with Crippen molar-refractivity contribution in [1.82, 2.24) is 0 Å². The zero-order valence-electron chi connectivity index (χ0n) is 17.9. The maximum Gasteiger partial charge on any atom is 0.282 e. The molecule has 162 valence electrons. The van der Waals surface area contributed by atoms with E-state index >= 15 is 0 Å². The summed E-state index contributed by atoms with van der Waals surface area (Å²) in [4.78, 5) is 27.9. The third kappa shape index (κ3) is 3.91. The highest BCUT2D eigenvalue weighted by Gasteiger charge is 2.40. The molecule has 0 spiro atoms. The summed E-state index contributed by atoms with van der Waals surface area (Å²) in [7, 11) is 0. The van der Waals surface area contributed by atoms with Crippen LogP contribution >= 0.6 is 0 Å². The maximum atomic E-state index is 13.7. The number of nitrogens with one attached hydrogen (secondary N) is 1. The maximum absolute atomic E-state index is 13.7. The minimum atomic E-state index is -1.05. The molecule has 1 heterocycles. The van der Waals surface area contributed by atoms with Crippen molar-refractivity contribution in [2.24, 2.45) is 0 Å². The molecule has 0 fully saturated rings. The van der Waals surface area contributed by atoms with Crippen molar-refractivity contribution in [3.8, 4) is 0 Å². The van der Waals surface area contributed by atoms with Crippen LogP contribution in [0.25, 0.3) is 5.57 Å². The predicted octanol–water partition coefficient (Wildman–Crippen LogP) is 5.79. The van der Waals surface area contributed by atoms with Gasteiger partial charge in [0.2, 0.25) is 0 Å². The molecule has 0 atom stereocenters. The molecular formula is C26H22F2N2O2. The van der Waals surface area contributed by atoms with Crippen molar-refractivity contribution >= 4 is 28.8 Å². The lowest BCUT2D eigenvalue weighted by atomic mass is 10.0. The van der Waals surface area contributed by atoms with Crippen LogP contribution in [0, 0.1) is 18.6 Å². The van der Waals surface area contributed by atoms with Crippen LogP contribution in [0.2, 0.25) is 0 Å². The molecule has 4 rings (SSSR count). The molecule has 2 amide bonds. The Bertz CT molecular complexity index is 1230. The van der Waals surface area contributed by atoms with Gasteiger partial charge in [-0.2, -0.15) is 0 Å². The number of rotatable bonds is 5. The summed E-state index contributed by atoms with van der Waals surface area (Å²) in [6, 6.07) is 17.7. The Morgan fingerprint density at radius 3 is 2.06 bits per heavy atom. The van der Waals surface area contributed by atoms with Gasteiger partial charge in [0, 0.05) is 11.8 Å². The first-order valence-electron chi connectivity index (χ1n) is 10.3. The number of hydrogen-bond acceptors (Lipinski definition) is 3. The summed E-state index contributed by atoms with van der Waals surface area (Å²) in [5, 5.41) is 2.84. The summed E-state index contributed by atoms with van der Waals surface area (Å²) >= 11 is 0. The largest absolute Gasteiger partial charge is 0.350 e. The van der Waals surface area contributed by atoms with Crippen LogP contribution in [0.5, 0.6) is 0 Å². The number of benzene rings is 3. The third-order valence-corrected chi connectivity index (χ3v) is 5.43. The van der Waals surface area contributed by atoms with Gasteiger partial charge in [-0.25, -0.2) is 13.7 Å². The van der Waals surface area contributed by atoms with E-state index in [-0.39, 0.29) is 17.0 Å². The highest BCUT2D eigenvalue weighted by Crippen LogP contribution is 2.34. The van der Waals surface area contributed by atoms with Crippen molar-refractivity contribution in [2.45, 2.75) is 26.7 Å². The van der Waals surface area contributed by atoms with Crippen LogP contribution < -0.4 is 10.2 Å². The Morgan fingerprint density at radius 1 is 0.812 bits per heavy atom. The highest BCUT2D eigenvalue weighted by atomic mass is 19.2. The Kier molecular flexibility index (Phi) is 5.61. The number of halogens is 2. The van der Waals surface area contributed by atoms with Crippen LogP contribution in [0.15, 0.2) is 72.4 Å². The number of hydrogen-bond donors (Lipinski definition) is 1. The molecule has 0 radical (unpaired) electrons. The Labute approximate surface area is 185 Å². The molecule has 3 aromatic rings. The number of amides is 2. The number of imide groups is 1. The molecule has 0 unspecified atom stereocenters. The summed E-state index contributed by atoms with van der Waals surface area (Å²) in [5.41, 5.74) is 3.44. The molecule has 0 saturated heterocycles. The van der Waals surface area contributed by atoms with E-state index in [1.165, 1.54) is 6.07 Å². The van der Waals surface area contributed by atoms with E-state index in [1.807, 2.05) is 31.2 Å². The molecule has 4 nitrogen and oxygen atoms in total. The fourth-order valence-corrected chi connectivity index (χ4v) is 3.59. The minimum Gasteiger partial charge on any atom is -0.350 e. The molecule has 0 saturated carbocycles. The monoisotopic (exact) mass is 432 g/mol. The van der Waals surface area contributed by atoms with E-state index in [1.54, 1.807) is 24.3 Å². The SMILES string of the molecule is Cc1ccc(C2=C(Nc3ccc(F)c(F)c3)C(=O)N(c3ccc(C(C)C)cc3)C2=O)cc1. The van der Waals surface area contributed by atoms with Crippen molar-refractivity contribution in [1.29, 1.82) is 0 Å². The summed E-state index contributed by atoms with van der Waals surface area (Å²) in [6.45, 7) is 6.03. The average Bonchev–Trinajstić information content (AvgIpc) is 3.01. The average molecular weight is 432 g/mol. The van der Waals surface area contributed by atoms with Crippen molar-refractivity contribution in [3.05, 3.63) is 101 Å². The second-order valence-corrected chi connectivity index (χ2v) is 8.06. The Hall–Kier alpha value is -3.80. The van der Waals surface area contributed by atoms with Gasteiger partial charge in [-0.3, -0.25) is 9.59 Å². The van der Waals surface area contributed by atoms with Crippen LogP contribution in [0.3, 0.4) is 0 Å². The molecular weight excluding hydrogens is 410 g/mol. The van der Waals surface area contributed by atoms with Gasteiger partial charge in [0.15, 0.2) is 11.6 Å². The number of anilines is 2. The van der Waals surface area contributed by atoms with Gasteiger partial charge in [0.1, 0.15) is 5.70 Å². The van der Waals surface area contributed by atoms with Crippen LogP contribution in [0.4, 0.5) is 20.2 Å². The molecule has 3 aromatic carbocycles. The van der Waals surface area contributed by atoms with E-state index in [0.717, 1.165) is 28.2 Å². The molecule has 0 aliphatic carbocycles. The second kappa shape index (κ2) is 8.38. The third-order valence-electron chi connectivity index (χ3n) is 5.43. The normalized spacial score (nSPS) is 14.0. The first kappa shape index (κ1) is 21.4.